The SMILES string of the molecule is O=C(Nc1nc2ccccc2s1)C(Sc1ccccc1)c1ccccc1. The highest BCUT2D eigenvalue weighted by atomic mass is 32.2. The van der Waals surface area contributed by atoms with Crippen molar-refractivity contribution in [2.24, 2.45) is 0 Å². The molecule has 3 nitrogen and oxygen atoms in total. The summed E-state index contributed by atoms with van der Waals surface area (Å²) in [6, 6.07) is 27.7. The number of nitrogens with zero attached hydrogens (tertiary/aromatic N) is 1. The third kappa shape index (κ3) is 3.79. The highest BCUT2D eigenvalue weighted by Gasteiger charge is 2.23. The first-order valence-corrected chi connectivity index (χ1v) is 9.92. The van der Waals surface area contributed by atoms with E-state index >= 15 is 0 Å². The third-order valence-electron chi connectivity index (χ3n) is 3.86. The Labute approximate surface area is 160 Å². The van der Waals surface area contributed by atoms with Gasteiger partial charge in [0.2, 0.25) is 5.91 Å². The largest absolute Gasteiger partial charge is 0.301 e. The molecule has 5 heteroatoms. The Hall–Kier alpha value is -2.63. The number of hydrogen-bond donors (Lipinski definition) is 1. The fraction of sp³-hybridized carbons (Fsp3) is 0.0476. The Morgan fingerprint density at radius 3 is 2.27 bits per heavy atom. The Bertz CT molecular complexity index is 983. The molecule has 0 radical (unpaired) electrons. The number of fused-ring (bicyclic) bond motifs is 1. The van der Waals surface area contributed by atoms with Gasteiger partial charge < -0.3 is 5.32 Å². The zero-order chi connectivity index (χ0) is 17.8. The first-order chi connectivity index (χ1) is 12.8. The number of carbonyl (C=O) groups is 1. The summed E-state index contributed by atoms with van der Waals surface area (Å²) in [5, 5.41) is 3.29. The van der Waals surface area contributed by atoms with Crippen LogP contribution in [0.1, 0.15) is 10.8 Å². The van der Waals surface area contributed by atoms with Crippen LogP contribution in [0.25, 0.3) is 10.2 Å². The lowest BCUT2D eigenvalue weighted by Crippen LogP contribution is -2.18. The molecule has 3 aromatic carbocycles. The first-order valence-electron chi connectivity index (χ1n) is 8.23. The van der Waals surface area contributed by atoms with Gasteiger partial charge in [-0.15, -0.1) is 11.8 Å². The molecule has 0 aliphatic heterocycles. The van der Waals surface area contributed by atoms with E-state index in [4.69, 9.17) is 0 Å². The van der Waals surface area contributed by atoms with E-state index in [0.29, 0.717) is 5.13 Å². The number of amides is 1. The Morgan fingerprint density at radius 2 is 1.54 bits per heavy atom. The molecule has 0 bridgehead atoms. The molecule has 0 spiro atoms. The fourth-order valence-electron chi connectivity index (χ4n) is 2.63. The first kappa shape index (κ1) is 16.8. The summed E-state index contributed by atoms with van der Waals surface area (Å²) in [4.78, 5) is 18.6. The molecular formula is C21H16N2OS2. The van der Waals surface area contributed by atoms with Crippen molar-refractivity contribution in [3.05, 3.63) is 90.5 Å². The molecule has 1 heterocycles. The van der Waals surface area contributed by atoms with E-state index in [2.05, 4.69) is 10.3 Å². The maximum Gasteiger partial charge on any atom is 0.244 e. The number of para-hydroxylation sites is 1. The maximum absolute atomic E-state index is 13.0. The summed E-state index contributed by atoms with van der Waals surface area (Å²) < 4.78 is 1.06. The van der Waals surface area contributed by atoms with E-state index in [-0.39, 0.29) is 11.2 Å². The highest BCUT2D eigenvalue weighted by molar-refractivity contribution is 8.00. The van der Waals surface area contributed by atoms with Crippen molar-refractivity contribution >= 4 is 44.4 Å². The zero-order valence-corrected chi connectivity index (χ0v) is 15.5. The second kappa shape index (κ2) is 7.72. The van der Waals surface area contributed by atoms with Gasteiger partial charge in [0.1, 0.15) is 5.25 Å². The van der Waals surface area contributed by atoms with Gasteiger partial charge in [0.25, 0.3) is 0 Å². The van der Waals surface area contributed by atoms with Crippen molar-refractivity contribution in [2.75, 3.05) is 5.32 Å². The lowest BCUT2D eigenvalue weighted by atomic mass is 10.1. The van der Waals surface area contributed by atoms with Gasteiger partial charge in [-0.1, -0.05) is 72.0 Å². The van der Waals surface area contributed by atoms with Crippen molar-refractivity contribution in [3.8, 4) is 0 Å². The van der Waals surface area contributed by atoms with Crippen molar-refractivity contribution < 1.29 is 4.79 Å². The van der Waals surface area contributed by atoms with Gasteiger partial charge in [0, 0.05) is 4.90 Å². The summed E-state index contributed by atoms with van der Waals surface area (Å²) in [6.07, 6.45) is 0. The molecule has 0 saturated carbocycles. The number of benzene rings is 3. The number of carbonyl (C=O) groups excluding carboxylic acids is 1. The molecule has 0 fully saturated rings. The number of aromatic nitrogens is 1. The number of anilines is 1. The van der Waals surface area contributed by atoms with Gasteiger partial charge >= 0.3 is 0 Å². The second-order valence-corrected chi connectivity index (χ2v) is 7.91. The molecule has 0 saturated heterocycles. The van der Waals surface area contributed by atoms with Crippen LogP contribution in [0.4, 0.5) is 5.13 Å². The number of nitrogens with one attached hydrogen (secondary N) is 1. The van der Waals surface area contributed by atoms with Gasteiger partial charge in [0.15, 0.2) is 5.13 Å². The minimum atomic E-state index is -0.342. The van der Waals surface area contributed by atoms with E-state index in [1.54, 1.807) is 11.8 Å². The molecule has 1 unspecified atom stereocenters. The molecule has 1 atom stereocenters. The second-order valence-electron chi connectivity index (χ2n) is 5.70. The minimum absolute atomic E-state index is 0.0656. The van der Waals surface area contributed by atoms with Crippen molar-refractivity contribution in [1.82, 2.24) is 4.98 Å². The molecule has 1 N–H and O–H groups in total. The van der Waals surface area contributed by atoms with E-state index in [9.17, 15) is 4.79 Å². The molecule has 26 heavy (non-hydrogen) atoms. The summed E-state index contributed by atoms with van der Waals surface area (Å²) >= 11 is 3.03. The van der Waals surface area contributed by atoms with Crippen LogP contribution in [0, 0.1) is 0 Å². The lowest BCUT2D eigenvalue weighted by Gasteiger charge is -2.16. The molecule has 4 rings (SSSR count). The number of thioether (sulfide) groups is 1. The molecule has 0 aliphatic rings. The van der Waals surface area contributed by atoms with E-state index < -0.39 is 0 Å². The summed E-state index contributed by atoms with van der Waals surface area (Å²) in [7, 11) is 0. The Balaban J connectivity index is 1.61. The number of rotatable bonds is 5. The monoisotopic (exact) mass is 376 g/mol. The lowest BCUT2D eigenvalue weighted by molar-refractivity contribution is -0.115. The molecule has 1 amide bonds. The predicted octanol–water partition coefficient (Wildman–Crippen LogP) is 5.77. The predicted molar refractivity (Wildman–Crippen MR) is 110 cm³/mol. The molecule has 1 aromatic heterocycles. The fourth-order valence-corrected chi connectivity index (χ4v) is 4.55. The van der Waals surface area contributed by atoms with Gasteiger partial charge in [-0.25, -0.2) is 4.98 Å². The smallest absolute Gasteiger partial charge is 0.244 e. The van der Waals surface area contributed by atoms with Gasteiger partial charge in [-0.2, -0.15) is 0 Å². The highest BCUT2D eigenvalue weighted by Crippen LogP contribution is 2.36. The normalized spacial score (nSPS) is 12.0. The third-order valence-corrected chi connectivity index (χ3v) is 6.08. The van der Waals surface area contributed by atoms with Crippen LogP contribution in [0.5, 0.6) is 0 Å². The molecule has 128 valence electrons. The summed E-state index contributed by atoms with van der Waals surface area (Å²) in [5.41, 5.74) is 1.87. The standard InChI is InChI=1S/C21H16N2OS2/c24-20(23-21-22-17-13-7-8-14-18(17)26-21)19(15-9-3-1-4-10-15)25-16-11-5-2-6-12-16/h1-14,19H,(H,22,23,24). The van der Waals surface area contributed by atoms with Crippen LogP contribution < -0.4 is 5.32 Å². The van der Waals surface area contributed by atoms with Crippen LogP contribution in [-0.2, 0) is 4.79 Å². The average Bonchev–Trinajstić information content (AvgIpc) is 3.09. The average molecular weight is 377 g/mol. The van der Waals surface area contributed by atoms with Crippen LogP contribution >= 0.6 is 23.1 Å². The summed E-state index contributed by atoms with van der Waals surface area (Å²) in [5.74, 6) is -0.0656. The molecule has 4 aromatic rings. The summed E-state index contributed by atoms with van der Waals surface area (Å²) in [6.45, 7) is 0. The van der Waals surface area contributed by atoms with Crippen molar-refractivity contribution in [1.29, 1.82) is 0 Å². The topological polar surface area (TPSA) is 42.0 Å². The van der Waals surface area contributed by atoms with E-state index in [1.165, 1.54) is 11.3 Å². The molecular weight excluding hydrogens is 360 g/mol. The van der Waals surface area contributed by atoms with Crippen molar-refractivity contribution in [2.45, 2.75) is 10.1 Å². The van der Waals surface area contributed by atoms with Crippen LogP contribution in [-0.4, -0.2) is 10.9 Å². The minimum Gasteiger partial charge on any atom is -0.301 e. The van der Waals surface area contributed by atoms with E-state index in [1.807, 2.05) is 84.9 Å². The van der Waals surface area contributed by atoms with Gasteiger partial charge in [-0.05, 0) is 29.8 Å². The van der Waals surface area contributed by atoms with Crippen molar-refractivity contribution in [3.63, 3.8) is 0 Å². The van der Waals surface area contributed by atoms with Crippen LogP contribution in [0.15, 0.2) is 89.8 Å². The van der Waals surface area contributed by atoms with Crippen LogP contribution in [0.2, 0.25) is 0 Å². The number of thiazole rings is 1. The van der Waals surface area contributed by atoms with Crippen LogP contribution in [0.3, 0.4) is 0 Å². The van der Waals surface area contributed by atoms with Gasteiger partial charge in [-0.3, -0.25) is 4.79 Å². The number of hydrogen-bond acceptors (Lipinski definition) is 4. The molecule has 0 aliphatic carbocycles. The maximum atomic E-state index is 13.0. The zero-order valence-electron chi connectivity index (χ0n) is 13.8. The van der Waals surface area contributed by atoms with E-state index in [0.717, 1.165) is 20.7 Å². The Kier molecular flexibility index (Phi) is 5.00. The quantitative estimate of drug-likeness (QED) is 0.450. The Morgan fingerprint density at radius 1 is 0.885 bits per heavy atom. The van der Waals surface area contributed by atoms with Gasteiger partial charge in [0.05, 0.1) is 10.2 Å².